The van der Waals surface area contributed by atoms with Crippen molar-refractivity contribution in [2.24, 2.45) is 0 Å². The zero-order valence-electron chi connectivity index (χ0n) is 11.0. The molecule has 3 rings (SSSR count). The second kappa shape index (κ2) is 4.78. The average Bonchev–Trinajstić information content (AvgIpc) is 2.45. The van der Waals surface area contributed by atoms with Crippen LogP contribution in [-0.4, -0.2) is 45.3 Å². The van der Waals surface area contributed by atoms with Crippen LogP contribution in [0.25, 0.3) is 0 Å². The molecule has 0 unspecified atom stereocenters. The molecule has 0 radical (unpaired) electrons. The number of ether oxygens (including phenoxy) is 2. The van der Waals surface area contributed by atoms with E-state index in [9.17, 15) is 0 Å². The van der Waals surface area contributed by atoms with E-state index in [2.05, 4.69) is 22.3 Å². The molecule has 2 heterocycles. The number of nitrogens with one attached hydrogen (secondary N) is 1. The van der Waals surface area contributed by atoms with Crippen LogP contribution in [0, 0.1) is 0 Å². The van der Waals surface area contributed by atoms with Gasteiger partial charge >= 0.3 is 0 Å². The van der Waals surface area contributed by atoms with Gasteiger partial charge in [0, 0.05) is 32.2 Å². The lowest BCUT2D eigenvalue weighted by molar-refractivity contribution is 0.151. The maximum atomic E-state index is 5.42. The van der Waals surface area contributed by atoms with Crippen LogP contribution in [0.1, 0.15) is 17.2 Å². The summed E-state index contributed by atoms with van der Waals surface area (Å²) in [6.45, 7) is 4.41. The molecular weight excluding hydrogens is 228 g/mol. The summed E-state index contributed by atoms with van der Waals surface area (Å²) >= 11 is 0. The maximum Gasteiger partial charge on any atom is 0.161 e. The van der Waals surface area contributed by atoms with Gasteiger partial charge in [-0.05, 0) is 29.7 Å². The zero-order chi connectivity index (χ0) is 12.5. The number of piperazine rings is 1. The molecule has 0 bridgehead atoms. The van der Waals surface area contributed by atoms with Crippen molar-refractivity contribution in [3.05, 3.63) is 23.3 Å². The first-order chi connectivity index (χ1) is 8.83. The molecule has 4 heteroatoms. The Morgan fingerprint density at radius 1 is 1.17 bits per heavy atom. The summed E-state index contributed by atoms with van der Waals surface area (Å²) in [4.78, 5) is 2.56. The van der Waals surface area contributed by atoms with E-state index in [1.165, 1.54) is 11.1 Å². The van der Waals surface area contributed by atoms with Gasteiger partial charge in [-0.1, -0.05) is 0 Å². The summed E-state index contributed by atoms with van der Waals surface area (Å²) in [5.74, 6) is 1.68. The lowest BCUT2D eigenvalue weighted by Crippen LogP contribution is -2.48. The maximum absolute atomic E-state index is 5.42. The SMILES string of the molecule is COc1cc2c(cc1OC)[C@H]1CNCCN1CC2. The molecule has 4 nitrogen and oxygen atoms in total. The third kappa shape index (κ3) is 1.85. The van der Waals surface area contributed by atoms with Gasteiger partial charge in [0.1, 0.15) is 0 Å². The van der Waals surface area contributed by atoms with E-state index in [1.807, 2.05) is 0 Å². The molecule has 0 spiro atoms. The molecule has 1 fully saturated rings. The van der Waals surface area contributed by atoms with Crippen molar-refractivity contribution in [3.63, 3.8) is 0 Å². The van der Waals surface area contributed by atoms with E-state index in [1.54, 1.807) is 14.2 Å². The van der Waals surface area contributed by atoms with E-state index in [0.717, 1.165) is 44.1 Å². The van der Waals surface area contributed by atoms with Crippen LogP contribution in [0.5, 0.6) is 11.5 Å². The van der Waals surface area contributed by atoms with Gasteiger partial charge in [0.2, 0.25) is 0 Å². The van der Waals surface area contributed by atoms with Crippen LogP contribution in [0.2, 0.25) is 0 Å². The highest BCUT2D eigenvalue weighted by Crippen LogP contribution is 2.38. The molecule has 0 aromatic heterocycles. The van der Waals surface area contributed by atoms with Crippen LogP contribution < -0.4 is 14.8 Å². The Morgan fingerprint density at radius 2 is 1.94 bits per heavy atom. The highest BCUT2D eigenvalue weighted by molar-refractivity contribution is 5.49. The van der Waals surface area contributed by atoms with Crippen molar-refractivity contribution in [1.82, 2.24) is 10.2 Å². The first-order valence-corrected chi connectivity index (χ1v) is 6.53. The monoisotopic (exact) mass is 248 g/mol. The van der Waals surface area contributed by atoms with E-state index in [0.29, 0.717) is 6.04 Å². The van der Waals surface area contributed by atoms with Crippen LogP contribution in [0.3, 0.4) is 0 Å². The smallest absolute Gasteiger partial charge is 0.161 e. The number of hydrogen-bond donors (Lipinski definition) is 1. The third-order valence-corrected chi connectivity index (χ3v) is 4.03. The Hall–Kier alpha value is -1.26. The lowest BCUT2D eigenvalue weighted by atomic mass is 9.91. The van der Waals surface area contributed by atoms with Crippen molar-refractivity contribution in [2.45, 2.75) is 12.5 Å². The highest BCUT2D eigenvalue weighted by Gasteiger charge is 2.30. The fraction of sp³-hybridized carbons (Fsp3) is 0.571. The highest BCUT2D eigenvalue weighted by atomic mass is 16.5. The fourth-order valence-corrected chi connectivity index (χ4v) is 3.05. The summed E-state index contributed by atoms with van der Waals surface area (Å²) < 4.78 is 10.8. The van der Waals surface area contributed by atoms with Gasteiger partial charge in [0.15, 0.2) is 11.5 Å². The van der Waals surface area contributed by atoms with Gasteiger partial charge in [-0.25, -0.2) is 0 Å². The Labute approximate surface area is 108 Å². The molecule has 2 aliphatic rings. The molecule has 2 aliphatic heterocycles. The summed E-state index contributed by atoms with van der Waals surface area (Å²) in [5, 5.41) is 3.48. The quantitative estimate of drug-likeness (QED) is 0.853. The predicted octanol–water partition coefficient (Wildman–Crippen LogP) is 1.21. The lowest BCUT2D eigenvalue weighted by Gasteiger charge is -2.41. The molecule has 1 aromatic rings. The van der Waals surface area contributed by atoms with Crippen LogP contribution >= 0.6 is 0 Å². The third-order valence-electron chi connectivity index (χ3n) is 4.03. The molecule has 1 aromatic carbocycles. The van der Waals surface area contributed by atoms with Gasteiger partial charge in [-0.3, -0.25) is 4.90 Å². The van der Waals surface area contributed by atoms with Crippen molar-refractivity contribution < 1.29 is 9.47 Å². The Morgan fingerprint density at radius 3 is 2.72 bits per heavy atom. The molecule has 1 N–H and O–H groups in total. The predicted molar refractivity (Wildman–Crippen MR) is 70.4 cm³/mol. The minimum absolute atomic E-state index is 0.488. The number of methoxy groups -OCH3 is 2. The van der Waals surface area contributed by atoms with Gasteiger partial charge in [0.05, 0.1) is 14.2 Å². The molecule has 0 saturated carbocycles. The standard InChI is InChI=1S/C14H20N2O2/c1-17-13-7-10-3-5-16-6-4-15-9-12(16)11(10)8-14(13)18-2/h7-8,12,15H,3-6,9H2,1-2H3/t12-/m1/s1. The number of fused-ring (bicyclic) bond motifs is 3. The Balaban J connectivity index is 2.02. The number of benzene rings is 1. The average molecular weight is 248 g/mol. The summed E-state index contributed by atoms with van der Waals surface area (Å²) in [7, 11) is 3.39. The van der Waals surface area contributed by atoms with Gasteiger partial charge in [-0.15, -0.1) is 0 Å². The van der Waals surface area contributed by atoms with E-state index in [4.69, 9.17) is 9.47 Å². The molecule has 18 heavy (non-hydrogen) atoms. The Bertz CT molecular complexity index is 448. The van der Waals surface area contributed by atoms with E-state index < -0.39 is 0 Å². The zero-order valence-corrected chi connectivity index (χ0v) is 11.0. The molecule has 1 saturated heterocycles. The molecule has 1 atom stereocenters. The normalized spacial score (nSPS) is 23.1. The van der Waals surface area contributed by atoms with Crippen molar-refractivity contribution in [3.8, 4) is 11.5 Å². The first kappa shape index (κ1) is 11.8. The first-order valence-electron chi connectivity index (χ1n) is 6.53. The second-order valence-corrected chi connectivity index (χ2v) is 4.91. The topological polar surface area (TPSA) is 33.7 Å². The second-order valence-electron chi connectivity index (χ2n) is 4.91. The summed E-state index contributed by atoms with van der Waals surface area (Å²) in [6.07, 6.45) is 1.10. The Kier molecular flexibility index (Phi) is 3.14. The van der Waals surface area contributed by atoms with Crippen LogP contribution in [-0.2, 0) is 6.42 Å². The fourth-order valence-electron chi connectivity index (χ4n) is 3.05. The minimum atomic E-state index is 0.488. The van der Waals surface area contributed by atoms with E-state index >= 15 is 0 Å². The number of nitrogens with zero attached hydrogens (tertiary/aromatic N) is 1. The van der Waals surface area contributed by atoms with Gasteiger partial charge in [0.25, 0.3) is 0 Å². The molecule has 0 amide bonds. The van der Waals surface area contributed by atoms with Crippen molar-refractivity contribution in [1.29, 1.82) is 0 Å². The van der Waals surface area contributed by atoms with Gasteiger partial charge in [-0.2, -0.15) is 0 Å². The van der Waals surface area contributed by atoms with Crippen molar-refractivity contribution in [2.75, 3.05) is 40.4 Å². The summed E-state index contributed by atoms with van der Waals surface area (Å²) in [5.41, 5.74) is 2.80. The van der Waals surface area contributed by atoms with Crippen LogP contribution in [0.4, 0.5) is 0 Å². The van der Waals surface area contributed by atoms with Crippen molar-refractivity contribution >= 4 is 0 Å². The minimum Gasteiger partial charge on any atom is -0.493 e. The van der Waals surface area contributed by atoms with E-state index in [-0.39, 0.29) is 0 Å². The molecule has 98 valence electrons. The largest absolute Gasteiger partial charge is 0.493 e. The number of hydrogen-bond acceptors (Lipinski definition) is 4. The number of rotatable bonds is 2. The molecular formula is C14H20N2O2. The molecule has 0 aliphatic carbocycles. The summed E-state index contributed by atoms with van der Waals surface area (Å²) in [6, 6.07) is 4.78. The van der Waals surface area contributed by atoms with Crippen LogP contribution in [0.15, 0.2) is 12.1 Å². The van der Waals surface area contributed by atoms with Gasteiger partial charge < -0.3 is 14.8 Å².